The molecule has 1 fully saturated rings. The van der Waals surface area contributed by atoms with E-state index in [2.05, 4.69) is 34.5 Å². The predicted molar refractivity (Wildman–Crippen MR) is 109 cm³/mol. The molecule has 2 aromatic rings. The van der Waals surface area contributed by atoms with Crippen LogP contribution in [0.5, 0.6) is 5.75 Å². The number of benzene rings is 2. The molecule has 0 bridgehead atoms. The van der Waals surface area contributed by atoms with Gasteiger partial charge < -0.3 is 10.1 Å². The summed E-state index contributed by atoms with van der Waals surface area (Å²) < 4.78 is 5.28. The summed E-state index contributed by atoms with van der Waals surface area (Å²) >= 11 is 0. The van der Waals surface area contributed by atoms with Crippen molar-refractivity contribution in [3.8, 4) is 5.75 Å². The fraction of sp³-hybridized carbons (Fsp3) is 0.435. The van der Waals surface area contributed by atoms with Gasteiger partial charge in [-0.05, 0) is 55.6 Å². The van der Waals surface area contributed by atoms with E-state index in [0.717, 1.165) is 25.3 Å². The summed E-state index contributed by atoms with van der Waals surface area (Å²) in [5.74, 6) is 0.984. The second-order valence-corrected chi connectivity index (χ2v) is 7.18. The molecule has 3 rings (SSSR count). The molecule has 0 aromatic heterocycles. The first-order chi connectivity index (χ1) is 13.3. The van der Waals surface area contributed by atoms with Crippen LogP contribution in [-0.2, 0) is 11.2 Å². The van der Waals surface area contributed by atoms with Gasteiger partial charge in [-0.1, -0.05) is 48.9 Å². The average Bonchev–Trinajstić information content (AvgIpc) is 2.74. The van der Waals surface area contributed by atoms with Crippen molar-refractivity contribution >= 4 is 5.91 Å². The lowest BCUT2D eigenvalue weighted by Crippen LogP contribution is -2.40. The van der Waals surface area contributed by atoms with E-state index in [4.69, 9.17) is 4.74 Å². The van der Waals surface area contributed by atoms with Gasteiger partial charge in [-0.3, -0.25) is 9.69 Å². The third kappa shape index (κ3) is 5.83. The molecule has 1 amide bonds. The Hall–Kier alpha value is -2.33. The van der Waals surface area contributed by atoms with Gasteiger partial charge in [0.25, 0.3) is 0 Å². The highest BCUT2D eigenvalue weighted by atomic mass is 16.5. The third-order valence-corrected chi connectivity index (χ3v) is 5.31. The van der Waals surface area contributed by atoms with Crippen LogP contribution in [-0.4, -0.2) is 37.6 Å². The molecule has 4 nitrogen and oxygen atoms in total. The third-order valence-electron chi connectivity index (χ3n) is 5.31. The zero-order valence-corrected chi connectivity index (χ0v) is 16.2. The van der Waals surface area contributed by atoms with Crippen LogP contribution in [0.15, 0.2) is 54.6 Å². The molecule has 1 atom stereocenters. The van der Waals surface area contributed by atoms with Crippen molar-refractivity contribution < 1.29 is 9.53 Å². The highest BCUT2D eigenvalue weighted by Gasteiger charge is 2.22. The Morgan fingerprint density at radius 3 is 2.41 bits per heavy atom. The van der Waals surface area contributed by atoms with Gasteiger partial charge in [0.05, 0.1) is 13.2 Å². The second kappa shape index (κ2) is 10.1. The lowest BCUT2D eigenvalue weighted by Gasteiger charge is -2.35. The van der Waals surface area contributed by atoms with E-state index in [1.165, 1.54) is 30.4 Å². The first-order valence-electron chi connectivity index (χ1n) is 9.95. The molecule has 1 aliphatic heterocycles. The summed E-state index contributed by atoms with van der Waals surface area (Å²) in [5.41, 5.74) is 2.44. The van der Waals surface area contributed by atoms with Crippen LogP contribution in [0, 0.1) is 0 Å². The average molecular weight is 367 g/mol. The molecule has 144 valence electrons. The van der Waals surface area contributed by atoms with Crippen molar-refractivity contribution in [1.82, 2.24) is 10.2 Å². The molecule has 0 radical (unpaired) electrons. The lowest BCUT2D eigenvalue weighted by atomic mass is 10.0. The summed E-state index contributed by atoms with van der Waals surface area (Å²) in [4.78, 5) is 14.9. The molecule has 1 aliphatic rings. The van der Waals surface area contributed by atoms with Gasteiger partial charge in [-0.25, -0.2) is 0 Å². The summed E-state index contributed by atoms with van der Waals surface area (Å²) in [7, 11) is 1.68. The fourth-order valence-electron chi connectivity index (χ4n) is 3.72. The monoisotopic (exact) mass is 366 g/mol. The normalized spacial score (nSPS) is 15.9. The number of hydrogen-bond acceptors (Lipinski definition) is 3. The Morgan fingerprint density at radius 2 is 1.74 bits per heavy atom. The number of carbonyl (C=O) groups excluding carboxylic acids is 1. The maximum atomic E-state index is 12.4. The number of hydrogen-bond donors (Lipinski definition) is 1. The van der Waals surface area contributed by atoms with E-state index < -0.39 is 0 Å². The Balaban J connectivity index is 1.59. The Kier molecular flexibility index (Phi) is 7.28. The number of aryl methyl sites for hydroxylation is 1. The number of amides is 1. The van der Waals surface area contributed by atoms with Gasteiger partial charge in [0.15, 0.2) is 0 Å². The molecular weight excluding hydrogens is 336 g/mol. The van der Waals surface area contributed by atoms with E-state index in [1.807, 2.05) is 30.3 Å². The summed E-state index contributed by atoms with van der Waals surface area (Å²) in [6, 6.07) is 18.6. The van der Waals surface area contributed by atoms with Gasteiger partial charge in [-0.2, -0.15) is 0 Å². The molecule has 1 saturated heterocycles. The van der Waals surface area contributed by atoms with Crippen LogP contribution in [0.1, 0.15) is 42.9 Å². The first kappa shape index (κ1) is 19.4. The van der Waals surface area contributed by atoms with Crippen molar-refractivity contribution in [2.24, 2.45) is 0 Å². The quantitative estimate of drug-likeness (QED) is 0.769. The number of piperidine rings is 1. The Bertz CT molecular complexity index is 694. The van der Waals surface area contributed by atoms with Crippen LogP contribution in [0.2, 0.25) is 0 Å². The minimum absolute atomic E-state index is 0.120. The van der Waals surface area contributed by atoms with E-state index >= 15 is 0 Å². The Morgan fingerprint density at radius 1 is 1.04 bits per heavy atom. The van der Waals surface area contributed by atoms with Gasteiger partial charge in [0.1, 0.15) is 5.75 Å². The fourth-order valence-corrected chi connectivity index (χ4v) is 3.72. The smallest absolute Gasteiger partial charge is 0.220 e. The summed E-state index contributed by atoms with van der Waals surface area (Å²) in [6.45, 7) is 2.84. The topological polar surface area (TPSA) is 41.6 Å². The van der Waals surface area contributed by atoms with Crippen molar-refractivity contribution in [2.75, 3.05) is 26.7 Å². The summed E-state index contributed by atoms with van der Waals surface area (Å²) in [5, 5.41) is 3.17. The molecule has 4 heteroatoms. The highest BCUT2D eigenvalue weighted by Crippen LogP contribution is 2.25. The minimum Gasteiger partial charge on any atom is -0.497 e. The van der Waals surface area contributed by atoms with Crippen LogP contribution in [0.25, 0.3) is 0 Å². The molecule has 0 spiro atoms. The number of methoxy groups -OCH3 is 1. The number of carbonyl (C=O) groups is 1. The zero-order chi connectivity index (χ0) is 18.9. The Labute approximate surface area is 162 Å². The molecular formula is C23H30N2O2. The van der Waals surface area contributed by atoms with Crippen molar-refractivity contribution in [2.45, 2.75) is 38.1 Å². The molecule has 0 aliphatic carbocycles. The van der Waals surface area contributed by atoms with E-state index in [0.29, 0.717) is 13.0 Å². The molecule has 2 aromatic carbocycles. The number of nitrogens with zero attached hydrogens (tertiary/aromatic N) is 1. The number of rotatable bonds is 8. The van der Waals surface area contributed by atoms with Gasteiger partial charge in [0.2, 0.25) is 5.91 Å². The van der Waals surface area contributed by atoms with Gasteiger partial charge in [0, 0.05) is 13.0 Å². The van der Waals surface area contributed by atoms with Gasteiger partial charge >= 0.3 is 0 Å². The predicted octanol–water partition coefficient (Wildman–Crippen LogP) is 3.97. The van der Waals surface area contributed by atoms with E-state index in [1.54, 1.807) is 7.11 Å². The molecule has 1 N–H and O–H groups in total. The number of nitrogens with one attached hydrogen (secondary N) is 1. The minimum atomic E-state index is 0.120. The largest absolute Gasteiger partial charge is 0.497 e. The van der Waals surface area contributed by atoms with Crippen LogP contribution in [0.3, 0.4) is 0 Å². The number of likely N-dealkylation sites (tertiary alicyclic amines) is 1. The van der Waals surface area contributed by atoms with Gasteiger partial charge in [-0.15, -0.1) is 0 Å². The molecule has 27 heavy (non-hydrogen) atoms. The number of ether oxygens (including phenoxy) is 1. The van der Waals surface area contributed by atoms with Crippen LogP contribution in [0.4, 0.5) is 0 Å². The zero-order valence-electron chi connectivity index (χ0n) is 16.2. The maximum Gasteiger partial charge on any atom is 0.220 e. The highest BCUT2D eigenvalue weighted by molar-refractivity contribution is 5.76. The SMILES string of the molecule is COc1ccc(C(CNC(=O)CCc2ccccc2)N2CCCCC2)cc1. The standard InChI is InChI=1S/C23H30N2O2/c1-27-21-13-11-20(12-14-21)22(25-16-6-3-7-17-25)18-24-23(26)15-10-19-8-4-2-5-9-19/h2,4-5,8-9,11-14,22H,3,6-7,10,15-18H2,1H3,(H,24,26). The van der Waals surface area contributed by atoms with E-state index in [-0.39, 0.29) is 11.9 Å². The molecule has 1 heterocycles. The molecule has 1 unspecified atom stereocenters. The van der Waals surface area contributed by atoms with E-state index in [9.17, 15) is 4.79 Å². The summed E-state index contributed by atoms with van der Waals surface area (Å²) in [6.07, 6.45) is 5.07. The lowest BCUT2D eigenvalue weighted by molar-refractivity contribution is -0.121. The first-order valence-corrected chi connectivity index (χ1v) is 9.95. The second-order valence-electron chi connectivity index (χ2n) is 7.18. The molecule has 0 saturated carbocycles. The van der Waals surface area contributed by atoms with Crippen LogP contribution < -0.4 is 10.1 Å². The van der Waals surface area contributed by atoms with Crippen molar-refractivity contribution in [3.63, 3.8) is 0 Å². The maximum absolute atomic E-state index is 12.4. The van der Waals surface area contributed by atoms with Crippen molar-refractivity contribution in [1.29, 1.82) is 0 Å². The van der Waals surface area contributed by atoms with Crippen LogP contribution >= 0.6 is 0 Å². The van der Waals surface area contributed by atoms with Crippen molar-refractivity contribution in [3.05, 3.63) is 65.7 Å².